The summed E-state index contributed by atoms with van der Waals surface area (Å²) in [7, 11) is 1.55. The zero-order valence-electron chi connectivity index (χ0n) is 14.5. The van der Waals surface area contributed by atoms with Gasteiger partial charge in [0.25, 0.3) is 5.91 Å². The predicted octanol–water partition coefficient (Wildman–Crippen LogP) is 3.35. The predicted molar refractivity (Wildman–Crippen MR) is 100 cm³/mol. The number of carbonyl (C=O) groups is 2. The van der Waals surface area contributed by atoms with Gasteiger partial charge in [-0.2, -0.15) is 0 Å². The molecule has 138 valence electrons. The van der Waals surface area contributed by atoms with Crippen molar-refractivity contribution in [2.75, 3.05) is 7.05 Å². The zero-order chi connectivity index (χ0) is 19.1. The Morgan fingerprint density at radius 1 is 1.19 bits per heavy atom. The third-order valence-electron chi connectivity index (χ3n) is 3.75. The molecule has 26 heavy (non-hydrogen) atoms. The normalized spacial score (nSPS) is 12.8. The summed E-state index contributed by atoms with van der Waals surface area (Å²) in [5.41, 5.74) is 0.819. The van der Waals surface area contributed by atoms with E-state index in [1.165, 1.54) is 18.2 Å². The number of hydrogen-bond donors (Lipinski definition) is 2. The molecule has 0 fully saturated rings. The van der Waals surface area contributed by atoms with Crippen LogP contribution in [0.3, 0.4) is 0 Å². The molecular weight excluding hydrogens is 403 g/mol. The monoisotopic (exact) mass is 422 g/mol. The molecule has 0 unspecified atom stereocenters. The second kappa shape index (κ2) is 9.33. The van der Waals surface area contributed by atoms with E-state index in [2.05, 4.69) is 26.6 Å². The summed E-state index contributed by atoms with van der Waals surface area (Å²) >= 11 is 3.20. The van der Waals surface area contributed by atoms with Crippen LogP contribution in [0.5, 0.6) is 5.75 Å². The largest absolute Gasteiger partial charge is 0.480 e. The average Bonchev–Trinajstić information content (AvgIpc) is 2.63. The number of hydrogen-bond acceptors (Lipinski definition) is 3. The molecule has 0 saturated heterocycles. The third kappa shape index (κ3) is 5.56. The fourth-order valence-corrected chi connectivity index (χ4v) is 2.77. The maximum Gasteiger partial charge on any atom is 0.261 e. The Bertz CT molecular complexity index is 771. The lowest BCUT2D eigenvalue weighted by Crippen LogP contribution is -2.40. The summed E-state index contributed by atoms with van der Waals surface area (Å²) in [6, 6.07) is 12.7. The first-order chi connectivity index (χ1) is 12.4. The average molecular weight is 423 g/mol. The second-order valence-corrected chi connectivity index (χ2v) is 6.54. The molecule has 2 rings (SSSR count). The highest BCUT2D eigenvalue weighted by Gasteiger charge is 2.22. The molecule has 2 amide bonds. The molecule has 2 aromatic carbocycles. The molecule has 0 aromatic heterocycles. The molecule has 0 heterocycles. The zero-order valence-corrected chi connectivity index (χ0v) is 16.0. The Hall–Kier alpha value is -2.41. The van der Waals surface area contributed by atoms with Gasteiger partial charge in [0.05, 0.1) is 16.9 Å². The standard InChI is InChI=1S/C19H20BrFN2O3/c1-12(26-17-9-8-14(21)10-15(17)20)19(25)23-16(11-18(24)22-2)13-6-4-3-5-7-13/h3-10,12,16H,11H2,1-2H3,(H,22,24)(H,23,25)/t12-,16-/m0/s1. The van der Waals surface area contributed by atoms with Crippen molar-refractivity contribution in [2.24, 2.45) is 0 Å². The highest BCUT2D eigenvalue weighted by atomic mass is 79.9. The maximum atomic E-state index is 13.2. The first-order valence-corrected chi connectivity index (χ1v) is 8.87. The fourth-order valence-electron chi connectivity index (χ4n) is 2.33. The van der Waals surface area contributed by atoms with Gasteiger partial charge in [-0.25, -0.2) is 4.39 Å². The number of nitrogens with one attached hydrogen (secondary N) is 2. The molecule has 0 aliphatic rings. The van der Waals surface area contributed by atoms with Crippen LogP contribution in [0.25, 0.3) is 0 Å². The van der Waals surface area contributed by atoms with Crippen LogP contribution >= 0.6 is 15.9 Å². The molecule has 5 nitrogen and oxygen atoms in total. The van der Waals surface area contributed by atoms with Gasteiger partial charge in [0.2, 0.25) is 5.91 Å². The molecule has 0 bridgehead atoms. The van der Waals surface area contributed by atoms with Crippen molar-refractivity contribution < 1.29 is 18.7 Å². The van der Waals surface area contributed by atoms with Gasteiger partial charge in [0.1, 0.15) is 11.6 Å². The molecule has 2 atom stereocenters. The van der Waals surface area contributed by atoms with Crippen LogP contribution in [0.2, 0.25) is 0 Å². The Kier molecular flexibility index (Phi) is 7.15. The number of halogens is 2. The van der Waals surface area contributed by atoms with E-state index in [1.54, 1.807) is 14.0 Å². The molecule has 7 heteroatoms. The number of amides is 2. The summed E-state index contributed by atoms with van der Waals surface area (Å²) in [5.74, 6) is -0.611. The van der Waals surface area contributed by atoms with Gasteiger partial charge in [0, 0.05) is 7.05 Å². The van der Waals surface area contributed by atoms with Gasteiger partial charge in [-0.05, 0) is 46.6 Å². The molecule has 0 aliphatic carbocycles. The highest BCUT2D eigenvalue weighted by molar-refractivity contribution is 9.10. The van der Waals surface area contributed by atoms with Gasteiger partial charge < -0.3 is 15.4 Å². The van der Waals surface area contributed by atoms with Crippen LogP contribution in [0.4, 0.5) is 4.39 Å². The lowest BCUT2D eigenvalue weighted by Gasteiger charge is -2.22. The van der Waals surface area contributed by atoms with Crippen LogP contribution in [0, 0.1) is 5.82 Å². The van der Waals surface area contributed by atoms with E-state index in [4.69, 9.17) is 4.74 Å². The SMILES string of the molecule is CNC(=O)C[C@H](NC(=O)[C@H](C)Oc1ccc(F)cc1Br)c1ccccc1. The van der Waals surface area contributed by atoms with Crippen molar-refractivity contribution in [3.8, 4) is 5.75 Å². The summed E-state index contributed by atoms with van der Waals surface area (Å²) in [4.78, 5) is 24.3. The van der Waals surface area contributed by atoms with Crippen LogP contribution in [-0.2, 0) is 9.59 Å². The highest BCUT2D eigenvalue weighted by Crippen LogP contribution is 2.26. The minimum Gasteiger partial charge on any atom is -0.480 e. The van der Waals surface area contributed by atoms with Gasteiger partial charge in [-0.1, -0.05) is 30.3 Å². The Labute approximate surface area is 160 Å². The molecular formula is C19H20BrFN2O3. The van der Waals surface area contributed by atoms with Crippen molar-refractivity contribution >= 4 is 27.7 Å². The van der Waals surface area contributed by atoms with Crippen LogP contribution < -0.4 is 15.4 Å². The van der Waals surface area contributed by atoms with E-state index < -0.39 is 18.0 Å². The molecule has 0 saturated carbocycles. The van der Waals surface area contributed by atoms with Crippen molar-refractivity contribution in [3.05, 3.63) is 64.4 Å². The van der Waals surface area contributed by atoms with Crippen LogP contribution in [-0.4, -0.2) is 25.0 Å². The van der Waals surface area contributed by atoms with Gasteiger partial charge >= 0.3 is 0 Å². The summed E-state index contributed by atoms with van der Waals surface area (Å²) in [6.45, 7) is 1.59. The Morgan fingerprint density at radius 2 is 1.88 bits per heavy atom. The number of carbonyl (C=O) groups excluding carboxylic acids is 2. The van der Waals surface area contributed by atoms with E-state index in [9.17, 15) is 14.0 Å². The molecule has 2 aromatic rings. The minimum atomic E-state index is -0.826. The summed E-state index contributed by atoms with van der Waals surface area (Å²) < 4.78 is 19.2. The van der Waals surface area contributed by atoms with E-state index in [0.29, 0.717) is 10.2 Å². The number of ether oxygens (including phenoxy) is 1. The van der Waals surface area contributed by atoms with E-state index in [1.807, 2.05) is 30.3 Å². The van der Waals surface area contributed by atoms with E-state index >= 15 is 0 Å². The second-order valence-electron chi connectivity index (χ2n) is 5.68. The lowest BCUT2D eigenvalue weighted by molar-refractivity contribution is -0.128. The van der Waals surface area contributed by atoms with Crippen molar-refractivity contribution in [1.29, 1.82) is 0 Å². The van der Waals surface area contributed by atoms with Crippen molar-refractivity contribution in [1.82, 2.24) is 10.6 Å². The van der Waals surface area contributed by atoms with Crippen LogP contribution in [0.15, 0.2) is 53.0 Å². The molecule has 2 N–H and O–H groups in total. The van der Waals surface area contributed by atoms with Crippen molar-refractivity contribution in [3.63, 3.8) is 0 Å². The first kappa shape index (κ1) is 19.9. The number of benzene rings is 2. The minimum absolute atomic E-state index is 0.110. The smallest absolute Gasteiger partial charge is 0.261 e. The van der Waals surface area contributed by atoms with Crippen LogP contribution in [0.1, 0.15) is 24.9 Å². The molecule has 0 radical (unpaired) electrons. The molecule has 0 aliphatic heterocycles. The van der Waals surface area contributed by atoms with Gasteiger partial charge in [-0.3, -0.25) is 9.59 Å². The topological polar surface area (TPSA) is 67.4 Å². The Morgan fingerprint density at radius 3 is 2.50 bits per heavy atom. The summed E-state index contributed by atoms with van der Waals surface area (Å²) in [6.07, 6.45) is -0.716. The lowest BCUT2D eigenvalue weighted by atomic mass is 10.0. The number of rotatable bonds is 7. The maximum absolute atomic E-state index is 13.2. The fraction of sp³-hybridized carbons (Fsp3) is 0.263. The van der Waals surface area contributed by atoms with E-state index in [-0.39, 0.29) is 18.2 Å². The van der Waals surface area contributed by atoms with Gasteiger partial charge in [-0.15, -0.1) is 0 Å². The summed E-state index contributed by atoms with van der Waals surface area (Å²) in [5, 5.41) is 5.39. The van der Waals surface area contributed by atoms with E-state index in [0.717, 1.165) is 5.56 Å². The Balaban J connectivity index is 2.08. The van der Waals surface area contributed by atoms with Crippen molar-refractivity contribution in [2.45, 2.75) is 25.5 Å². The van der Waals surface area contributed by atoms with Gasteiger partial charge in [0.15, 0.2) is 6.10 Å². The third-order valence-corrected chi connectivity index (χ3v) is 4.37. The quantitative estimate of drug-likeness (QED) is 0.718. The first-order valence-electron chi connectivity index (χ1n) is 8.08. The molecule has 0 spiro atoms.